The summed E-state index contributed by atoms with van der Waals surface area (Å²) in [7, 11) is -4.52. The van der Waals surface area contributed by atoms with Crippen molar-refractivity contribution in [2.24, 2.45) is 5.73 Å². The number of nitrogens with two attached hydrogens (primary N) is 1. The van der Waals surface area contributed by atoms with Gasteiger partial charge in [0.2, 0.25) is 0 Å². The summed E-state index contributed by atoms with van der Waals surface area (Å²) in [4.78, 5) is -0.544. The third kappa shape index (κ3) is 5.95. The molecule has 0 saturated heterocycles. The highest BCUT2D eigenvalue weighted by Gasteiger charge is 2.00. The van der Waals surface area contributed by atoms with Crippen molar-refractivity contribution in [1.29, 1.82) is 0 Å². The highest BCUT2D eigenvalue weighted by molar-refractivity contribution is 7.85. The first-order valence-electron chi connectivity index (χ1n) is 5.50. The van der Waals surface area contributed by atoms with Crippen LogP contribution in [0.1, 0.15) is 5.56 Å². The fourth-order valence-electron chi connectivity index (χ4n) is 1.25. The third-order valence-electron chi connectivity index (χ3n) is 2.24. The molecule has 0 amide bonds. The van der Waals surface area contributed by atoms with Gasteiger partial charge in [0.1, 0.15) is 15.9 Å². The molecule has 20 heavy (non-hydrogen) atoms. The maximum Gasteiger partial charge on any atom is 0.296 e. The fraction of sp³-hybridized carbons (Fsp3) is 0.0769. The Labute approximate surface area is 130 Å². The van der Waals surface area contributed by atoms with E-state index in [1.807, 2.05) is 22.6 Å². The highest BCUT2D eigenvalue weighted by Crippen LogP contribution is 2.08. The largest absolute Gasteiger partial charge is 0.744 e. The summed E-state index contributed by atoms with van der Waals surface area (Å²) in [5, 5.41) is 0. The highest BCUT2D eigenvalue weighted by atomic mass is 127. The van der Waals surface area contributed by atoms with Gasteiger partial charge < -0.3 is 10.3 Å². The molecule has 0 atom stereocenters. The van der Waals surface area contributed by atoms with Crippen molar-refractivity contribution < 1.29 is 40.0 Å². The SMILES string of the molecule is NCc1ccc([IH+])cc1.O=S(=O)([O-])c1cccc(F)c1. The van der Waals surface area contributed by atoms with Gasteiger partial charge in [-0.3, -0.25) is 0 Å². The minimum Gasteiger partial charge on any atom is -0.744 e. The van der Waals surface area contributed by atoms with E-state index in [9.17, 15) is 17.4 Å². The molecule has 0 heterocycles. The van der Waals surface area contributed by atoms with E-state index in [0.717, 1.165) is 12.1 Å². The van der Waals surface area contributed by atoms with Crippen molar-refractivity contribution >= 4 is 10.1 Å². The monoisotopic (exact) mass is 409 g/mol. The zero-order valence-corrected chi connectivity index (χ0v) is 13.5. The maximum atomic E-state index is 12.3. The van der Waals surface area contributed by atoms with Crippen molar-refractivity contribution in [3.8, 4) is 0 Å². The topological polar surface area (TPSA) is 83.2 Å². The molecule has 2 N–H and O–H groups in total. The molecule has 108 valence electrons. The van der Waals surface area contributed by atoms with Crippen LogP contribution in [-0.2, 0) is 16.7 Å². The van der Waals surface area contributed by atoms with Crippen LogP contribution in [0.2, 0.25) is 0 Å². The van der Waals surface area contributed by atoms with Gasteiger partial charge in [0.05, 0.1) is 4.90 Å². The number of hydrogen-bond donors (Lipinski definition) is 1. The van der Waals surface area contributed by atoms with Gasteiger partial charge >= 0.3 is 0 Å². The zero-order chi connectivity index (χ0) is 15.2. The van der Waals surface area contributed by atoms with E-state index in [2.05, 4.69) is 24.3 Å². The molecule has 0 aromatic heterocycles. The van der Waals surface area contributed by atoms with Crippen molar-refractivity contribution in [1.82, 2.24) is 0 Å². The van der Waals surface area contributed by atoms with Crippen molar-refractivity contribution in [2.45, 2.75) is 11.4 Å². The lowest BCUT2D eigenvalue weighted by Crippen LogP contribution is -3.34. The molecule has 0 aliphatic carbocycles. The van der Waals surface area contributed by atoms with Crippen LogP contribution in [0.4, 0.5) is 4.39 Å². The first kappa shape index (κ1) is 17.0. The number of hydrogen-bond acceptors (Lipinski definition) is 4. The van der Waals surface area contributed by atoms with Crippen LogP contribution < -0.4 is 28.3 Å². The predicted octanol–water partition coefficient (Wildman–Crippen LogP) is -1.67. The van der Waals surface area contributed by atoms with E-state index in [4.69, 9.17) is 5.73 Å². The van der Waals surface area contributed by atoms with Gasteiger partial charge in [0, 0.05) is 6.54 Å². The molecule has 0 fully saturated rings. The van der Waals surface area contributed by atoms with Gasteiger partial charge in [-0.05, 0) is 35.9 Å². The molecule has 4 nitrogen and oxygen atoms in total. The summed E-state index contributed by atoms with van der Waals surface area (Å²) in [6.07, 6.45) is 0. The first-order chi connectivity index (χ1) is 9.32. The van der Waals surface area contributed by atoms with Crippen LogP contribution in [0.25, 0.3) is 0 Å². The Morgan fingerprint density at radius 3 is 2.15 bits per heavy atom. The van der Waals surface area contributed by atoms with Crippen LogP contribution in [0, 0.1) is 9.39 Å². The summed E-state index contributed by atoms with van der Waals surface area (Å²) < 4.78 is 44.4. The molecule has 7 heteroatoms. The van der Waals surface area contributed by atoms with E-state index in [0.29, 0.717) is 12.6 Å². The normalized spacial score (nSPS) is 10.6. The quantitative estimate of drug-likeness (QED) is 0.475. The minimum absolute atomic E-state index is 0.544. The first-order valence-corrected chi connectivity index (χ1v) is 8.08. The van der Waals surface area contributed by atoms with E-state index >= 15 is 0 Å². The molecule has 0 unspecified atom stereocenters. The second kappa shape index (κ2) is 7.67. The smallest absolute Gasteiger partial charge is 0.296 e. The van der Waals surface area contributed by atoms with E-state index in [1.54, 1.807) is 0 Å². The van der Waals surface area contributed by atoms with Crippen LogP contribution in [0.5, 0.6) is 0 Å². The Hall–Kier alpha value is -1.03. The Morgan fingerprint density at radius 1 is 1.15 bits per heavy atom. The summed E-state index contributed by atoms with van der Waals surface area (Å²) >= 11 is 2.00. The van der Waals surface area contributed by atoms with Gasteiger partial charge in [0.15, 0.2) is 3.57 Å². The molecular formula is C13H13FINO3S. The van der Waals surface area contributed by atoms with Gasteiger partial charge in [-0.2, -0.15) is 0 Å². The summed E-state index contributed by atoms with van der Waals surface area (Å²) in [5.74, 6) is -0.734. The molecule has 0 radical (unpaired) electrons. The number of halogens is 2. The summed E-state index contributed by atoms with van der Waals surface area (Å²) in [6.45, 7) is 0.640. The second-order valence-corrected chi connectivity index (χ2v) is 6.48. The fourth-order valence-corrected chi connectivity index (χ4v) is 2.14. The molecule has 2 rings (SSSR count). The molecule has 0 bridgehead atoms. The average molecular weight is 409 g/mol. The lowest BCUT2D eigenvalue weighted by Gasteiger charge is -2.05. The van der Waals surface area contributed by atoms with Crippen molar-refractivity contribution in [3.63, 3.8) is 0 Å². The Kier molecular flexibility index (Phi) is 6.53. The van der Waals surface area contributed by atoms with Crippen LogP contribution in [-0.4, -0.2) is 13.0 Å². The van der Waals surface area contributed by atoms with Gasteiger partial charge in [-0.15, -0.1) is 0 Å². The lowest BCUT2D eigenvalue weighted by atomic mass is 10.2. The summed E-state index contributed by atoms with van der Waals surface area (Å²) in [5.41, 5.74) is 6.60. The maximum absolute atomic E-state index is 12.3. The van der Waals surface area contributed by atoms with Crippen LogP contribution in [0.3, 0.4) is 0 Å². The minimum atomic E-state index is -4.52. The van der Waals surface area contributed by atoms with Crippen LogP contribution >= 0.6 is 0 Å². The van der Waals surface area contributed by atoms with Gasteiger partial charge in [-0.25, -0.2) is 12.8 Å². The zero-order valence-electron chi connectivity index (χ0n) is 10.3. The molecule has 2 aromatic rings. The number of benzene rings is 2. The second-order valence-electron chi connectivity index (χ2n) is 3.76. The molecular weight excluding hydrogens is 396 g/mol. The Bertz CT molecular complexity index is 660. The van der Waals surface area contributed by atoms with E-state index in [-0.39, 0.29) is 0 Å². The third-order valence-corrected chi connectivity index (χ3v) is 3.85. The van der Waals surface area contributed by atoms with Crippen molar-refractivity contribution in [3.05, 3.63) is 63.5 Å². The molecule has 0 aliphatic heterocycles. The number of rotatable bonds is 2. The lowest BCUT2D eigenvalue weighted by molar-refractivity contribution is -0.328. The molecule has 0 aliphatic rings. The summed E-state index contributed by atoms with van der Waals surface area (Å²) in [6, 6.07) is 12.2. The van der Waals surface area contributed by atoms with E-state index < -0.39 is 20.8 Å². The predicted molar refractivity (Wildman–Crippen MR) is 68.8 cm³/mol. The Morgan fingerprint density at radius 2 is 1.75 bits per heavy atom. The van der Waals surface area contributed by atoms with E-state index in [1.165, 1.54) is 15.2 Å². The average Bonchev–Trinajstić information content (AvgIpc) is 2.39. The van der Waals surface area contributed by atoms with Gasteiger partial charge in [-0.1, -0.05) is 18.2 Å². The standard InChI is InChI=1S/C7H9IN.C6H5FO3S/c8-7-3-1-6(5-9)2-4-7;7-5-2-1-3-6(4-5)11(8,9)10/h1-4,8H,5,9H2;1-4H,(H,8,9,10)/q+1;/p-1. The van der Waals surface area contributed by atoms with Gasteiger partial charge in [0.25, 0.3) is 22.6 Å². The molecule has 2 aromatic carbocycles. The molecule has 0 saturated carbocycles. The molecule has 0 spiro atoms. The Balaban J connectivity index is 0.000000204. The van der Waals surface area contributed by atoms with Crippen LogP contribution in [0.15, 0.2) is 53.4 Å². The van der Waals surface area contributed by atoms with Crippen molar-refractivity contribution in [2.75, 3.05) is 0 Å².